The number of rotatable bonds is 3. The molecule has 1 amide bonds. The molecule has 2 heterocycles. The van der Waals surface area contributed by atoms with Gasteiger partial charge in [-0.1, -0.05) is 0 Å². The summed E-state index contributed by atoms with van der Waals surface area (Å²) in [5, 5.41) is 6.77. The zero-order valence-corrected chi connectivity index (χ0v) is 10.6. The van der Waals surface area contributed by atoms with Gasteiger partial charge in [-0.15, -0.1) is 0 Å². The highest BCUT2D eigenvalue weighted by Crippen LogP contribution is 2.22. The van der Waals surface area contributed by atoms with Gasteiger partial charge < -0.3 is 10.6 Å². The van der Waals surface area contributed by atoms with Crippen molar-refractivity contribution in [2.45, 2.75) is 63.2 Å². The summed E-state index contributed by atoms with van der Waals surface area (Å²) in [7, 11) is 0. The topological polar surface area (TPSA) is 44.4 Å². The molecule has 3 atom stereocenters. The molecule has 2 aliphatic heterocycles. The maximum absolute atomic E-state index is 12.0. The molecule has 1 aliphatic carbocycles. The van der Waals surface area contributed by atoms with Crippen LogP contribution in [0.1, 0.15) is 39.0 Å². The standard InChI is InChI=1S/C13H23N3O/c1-9(13(17)15-10-2-3-10)16-7-6-11-4-5-12(8-16)14-11/h9-12,14H,2-8H2,1H3,(H,15,17). The number of amides is 1. The molecule has 3 unspecified atom stereocenters. The monoisotopic (exact) mass is 237 g/mol. The second-order valence-electron chi connectivity index (χ2n) is 5.88. The number of carbonyl (C=O) groups excluding carboxylic acids is 1. The molecule has 2 saturated heterocycles. The highest BCUT2D eigenvalue weighted by atomic mass is 16.2. The zero-order chi connectivity index (χ0) is 11.8. The highest BCUT2D eigenvalue weighted by Gasteiger charge is 2.34. The fraction of sp³-hybridized carbons (Fsp3) is 0.923. The van der Waals surface area contributed by atoms with Crippen LogP contribution < -0.4 is 10.6 Å². The van der Waals surface area contributed by atoms with Crippen LogP contribution in [0.4, 0.5) is 0 Å². The highest BCUT2D eigenvalue weighted by molar-refractivity contribution is 5.81. The first-order valence-corrected chi connectivity index (χ1v) is 7.03. The third-order valence-corrected chi connectivity index (χ3v) is 4.41. The summed E-state index contributed by atoms with van der Waals surface area (Å²) in [6.45, 7) is 4.15. The molecule has 17 heavy (non-hydrogen) atoms. The Bertz CT molecular complexity index is 303. The van der Waals surface area contributed by atoms with E-state index < -0.39 is 0 Å². The van der Waals surface area contributed by atoms with Gasteiger partial charge in [-0.2, -0.15) is 0 Å². The summed E-state index contributed by atoms with van der Waals surface area (Å²) in [5.74, 6) is 0.227. The number of fused-ring (bicyclic) bond motifs is 2. The lowest BCUT2D eigenvalue weighted by Crippen LogP contribution is -2.48. The van der Waals surface area contributed by atoms with Crippen molar-refractivity contribution in [1.29, 1.82) is 0 Å². The van der Waals surface area contributed by atoms with Crippen molar-refractivity contribution in [2.24, 2.45) is 0 Å². The van der Waals surface area contributed by atoms with E-state index >= 15 is 0 Å². The number of nitrogens with one attached hydrogen (secondary N) is 2. The predicted molar refractivity (Wildman–Crippen MR) is 66.8 cm³/mol. The largest absolute Gasteiger partial charge is 0.352 e. The first-order valence-electron chi connectivity index (χ1n) is 7.03. The molecule has 3 rings (SSSR count). The van der Waals surface area contributed by atoms with Crippen LogP contribution in [0.15, 0.2) is 0 Å². The van der Waals surface area contributed by atoms with E-state index in [1.54, 1.807) is 0 Å². The Labute approximate surface area is 103 Å². The average Bonchev–Trinajstić information content (AvgIpc) is 3.02. The van der Waals surface area contributed by atoms with Gasteiger partial charge >= 0.3 is 0 Å². The van der Waals surface area contributed by atoms with Crippen molar-refractivity contribution in [2.75, 3.05) is 13.1 Å². The molecule has 0 aromatic heterocycles. The lowest BCUT2D eigenvalue weighted by molar-refractivity contribution is -0.126. The van der Waals surface area contributed by atoms with Gasteiger partial charge in [0, 0.05) is 31.2 Å². The second-order valence-corrected chi connectivity index (χ2v) is 5.88. The molecule has 4 nitrogen and oxygen atoms in total. The van der Waals surface area contributed by atoms with Crippen molar-refractivity contribution in [3.8, 4) is 0 Å². The summed E-state index contributed by atoms with van der Waals surface area (Å²) in [5.41, 5.74) is 0. The molecule has 0 aromatic rings. The smallest absolute Gasteiger partial charge is 0.237 e. The number of likely N-dealkylation sites (tertiary alicyclic amines) is 1. The Kier molecular flexibility index (Phi) is 3.09. The third kappa shape index (κ3) is 2.63. The van der Waals surface area contributed by atoms with E-state index in [-0.39, 0.29) is 11.9 Å². The zero-order valence-electron chi connectivity index (χ0n) is 10.6. The van der Waals surface area contributed by atoms with Crippen LogP contribution in [0, 0.1) is 0 Å². The van der Waals surface area contributed by atoms with Crippen LogP contribution in [-0.2, 0) is 4.79 Å². The maximum atomic E-state index is 12.0. The van der Waals surface area contributed by atoms with Crippen LogP contribution in [0.5, 0.6) is 0 Å². The molecule has 0 aromatic carbocycles. The summed E-state index contributed by atoms with van der Waals surface area (Å²) < 4.78 is 0. The molecule has 2 bridgehead atoms. The lowest BCUT2D eigenvalue weighted by atomic mass is 10.1. The Balaban J connectivity index is 1.56. The molecule has 3 fully saturated rings. The van der Waals surface area contributed by atoms with Crippen molar-refractivity contribution in [3.63, 3.8) is 0 Å². The fourth-order valence-electron chi connectivity index (χ4n) is 3.04. The first-order chi connectivity index (χ1) is 8.22. The molecule has 1 saturated carbocycles. The van der Waals surface area contributed by atoms with E-state index in [9.17, 15) is 4.79 Å². The van der Waals surface area contributed by atoms with Gasteiger partial charge in [0.05, 0.1) is 6.04 Å². The lowest BCUT2D eigenvalue weighted by Gasteiger charge is -2.29. The predicted octanol–water partition coefficient (Wildman–Crippen LogP) is 0.480. The van der Waals surface area contributed by atoms with Crippen LogP contribution in [0.2, 0.25) is 0 Å². The molecule has 0 radical (unpaired) electrons. The van der Waals surface area contributed by atoms with Crippen LogP contribution in [0.3, 0.4) is 0 Å². The minimum absolute atomic E-state index is 0.0387. The van der Waals surface area contributed by atoms with Crippen LogP contribution in [-0.4, -0.2) is 48.1 Å². The Morgan fingerprint density at radius 2 is 2.00 bits per heavy atom. The molecular formula is C13H23N3O. The van der Waals surface area contributed by atoms with E-state index in [1.807, 2.05) is 0 Å². The molecule has 3 aliphatic rings. The number of hydrogen-bond acceptors (Lipinski definition) is 3. The van der Waals surface area contributed by atoms with Gasteiger partial charge in [0.25, 0.3) is 0 Å². The van der Waals surface area contributed by atoms with Gasteiger partial charge in [-0.05, 0) is 39.0 Å². The molecular weight excluding hydrogens is 214 g/mol. The minimum atomic E-state index is 0.0387. The van der Waals surface area contributed by atoms with Crippen molar-refractivity contribution >= 4 is 5.91 Å². The van der Waals surface area contributed by atoms with Gasteiger partial charge in [0.2, 0.25) is 5.91 Å². The molecule has 4 heteroatoms. The normalized spacial score (nSPS) is 35.4. The van der Waals surface area contributed by atoms with Crippen LogP contribution in [0.25, 0.3) is 0 Å². The fourth-order valence-corrected chi connectivity index (χ4v) is 3.04. The summed E-state index contributed by atoms with van der Waals surface area (Å²) in [6, 6.07) is 1.82. The molecule has 0 spiro atoms. The van der Waals surface area contributed by atoms with Gasteiger partial charge in [-0.3, -0.25) is 9.69 Å². The van der Waals surface area contributed by atoms with Gasteiger partial charge in [0.15, 0.2) is 0 Å². The summed E-state index contributed by atoms with van der Waals surface area (Å²) >= 11 is 0. The van der Waals surface area contributed by atoms with Gasteiger partial charge in [-0.25, -0.2) is 0 Å². The average molecular weight is 237 g/mol. The Morgan fingerprint density at radius 3 is 2.76 bits per heavy atom. The Hall–Kier alpha value is -0.610. The molecule has 2 N–H and O–H groups in total. The maximum Gasteiger partial charge on any atom is 0.237 e. The summed E-state index contributed by atoms with van der Waals surface area (Å²) in [4.78, 5) is 14.4. The Morgan fingerprint density at radius 1 is 1.24 bits per heavy atom. The van der Waals surface area contributed by atoms with Crippen molar-refractivity contribution in [3.05, 3.63) is 0 Å². The van der Waals surface area contributed by atoms with E-state index in [2.05, 4.69) is 22.5 Å². The second kappa shape index (κ2) is 4.58. The minimum Gasteiger partial charge on any atom is -0.352 e. The van der Waals surface area contributed by atoms with E-state index in [4.69, 9.17) is 0 Å². The first kappa shape index (κ1) is 11.5. The van der Waals surface area contributed by atoms with Crippen LogP contribution >= 0.6 is 0 Å². The van der Waals surface area contributed by atoms with Gasteiger partial charge in [0.1, 0.15) is 0 Å². The third-order valence-electron chi connectivity index (χ3n) is 4.41. The number of carbonyl (C=O) groups is 1. The van der Waals surface area contributed by atoms with E-state index in [0.29, 0.717) is 18.1 Å². The quantitative estimate of drug-likeness (QED) is 0.750. The van der Waals surface area contributed by atoms with Crippen molar-refractivity contribution in [1.82, 2.24) is 15.5 Å². The number of nitrogens with zero attached hydrogens (tertiary/aromatic N) is 1. The van der Waals surface area contributed by atoms with E-state index in [0.717, 1.165) is 13.1 Å². The SMILES string of the molecule is CC(C(=O)NC1CC1)N1CCC2CCC(C1)N2. The number of hydrogen-bond donors (Lipinski definition) is 2. The van der Waals surface area contributed by atoms with E-state index in [1.165, 1.54) is 32.1 Å². The summed E-state index contributed by atoms with van der Waals surface area (Å²) in [6.07, 6.45) is 6.13. The molecule has 96 valence electrons. The van der Waals surface area contributed by atoms with Crippen molar-refractivity contribution < 1.29 is 4.79 Å².